The second-order valence-electron chi connectivity index (χ2n) is 8.32. The van der Waals surface area contributed by atoms with Gasteiger partial charge < -0.3 is 34.6 Å². The van der Waals surface area contributed by atoms with E-state index in [-0.39, 0.29) is 30.5 Å². The van der Waals surface area contributed by atoms with Gasteiger partial charge in [0.05, 0.1) is 19.1 Å². The Morgan fingerprint density at radius 1 is 1.17 bits per heavy atom. The molecule has 0 spiro atoms. The topological polar surface area (TPSA) is 126 Å². The molecule has 8 atom stereocenters. The van der Waals surface area contributed by atoms with Crippen LogP contribution in [0.3, 0.4) is 0 Å². The van der Waals surface area contributed by atoms with Gasteiger partial charge in [-0.05, 0) is 44.3 Å². The van der Waals surface area contributed by atoms with E-state index in [0.29, 0.717) is 6.42 Å². The number of aliphatic hydroxyl groups excluding tert-OH is 4. The van der Waals surface area contributed by atoms with Crippen molar-refractivity contribution in [3.63, 3.8) is 0 Å². The molecule has 8 nitrogen and oxygen atoms in total. The maximum atomic E-state index is 12.0. The zero-order chi connectivity index (χ0) is 21.1. The van der Waals surface area contributed by atoms with Crippen molar-refractivity contribution in [2.45, 2.75) is 76.3 Å². The van der Waals surface area contributed by atoms with Crippen LogP contribution < -0.4 is 0 Å². The summed E-state index contributed by atoms with van der Waals surface area (Å²) in [5.74, 6) is -0.214. The lowest BCUT2D eigenvalue weighted by molar-refractivity contribution is -0.299. The minimum absolute atomic E-state index is 0.103. The van der Waals surface area contributed by atoms with Gasteiger partial charge in [0.25, 0.3) is 0 Å². The van der Waals surface area contributed by atoms with Crippen molar-refractivity contribution in [1.29, 1.82) is 0 Å². The fourth-order valence-corrected chi connectivity index (χ4v) is 4.21. The van der Waals surface area contributed by atoms with Crippen LogP contribution in [0.25, 0.3) is 0 Å². The summed E-state index contributed by atoms with van der Waals surface area (Å²) < 4.78 is 16.6. The van der Waals surface area contributed by atoms with Crippen molar-refractivity contribution in [2.75, 3.05) is 13.2 Å². The van der Waals surface area contributed by atoms with Crippen LogP contribution >= 0.6 is 0 Å². The minimum Gasteiger partial charge on any atom is -0.458 e. The first-order chi connectivity index (χ1) is 13.8. The molecule has 29 heavy (non-hydrogen) atoms. The fourth-order valence-electron chi connectivity index (χ4n) is 4.21. The van der Waals surface area contributed by atoms with Crippen molar-refractivity contribution in [2.24, 2.45) is 11.8 Å². The molecule has 0 bridgehead atoms. The molecule has 0 aromatic rings. The highest BCUT2D eigenvalue weighted by Crippen LogP contribution is 2.35. The Labute approximate surface area is 170 Å². The quantitative estimate of drug-likeness (QED) is 0.387. The van der Waals surface area contributed by atoms with E-state index in [2.05, 4.69) is 12.2 Å². The number of esters is 1. The van der Waals surface area contributed by atoms with Crippen LogP contribution in [0.2, 0.25) is 0 Å². The van der Waals surface area contributed by atoms with E-state index < -0.39 is 37.3 Å². The average molecular weight is 412 g/mol. The van der Waals surface area contributed by atoms with E-state index >= 15 is 0 Å². The van der Waals surface area contributed by atoms with Gasteiger partial charge in [-0.15, -0.1) is 0 Å². The average Bonchev–Trinajstić information content (AvgIpc) is 2.96. The lowest BCUT2D eigenvalue weighted by Gasteiger charge is -2.39. The molecule has 0 radical (unpaired) electrons. The maximum absolute atomic E-state index is 12.0. The van der Waals surface area contributed by atoms with Crippen LogP contribution in [-0.2, 0) is 19.0 Å². The van der Waals surface area contributed by atoms with E-state index in [1.54, 1.807) is 0 Å². The maximum Gasteiger partial charge on any atom is 0.309 e. The standard InChI is InChI=1S/C21H32O8/c1-11-4-3-5-13(6-7-14-12(2)20(26)28-15(14)8-11)10-27-21-19(25)18(24)17(23)16(9-22)29-21/h5,8,12,14-19,21-25H,3-4,6-7,9-10H2,1-2H3/b11-8+,13-5+/t12-,14-,15+,16+,17+,18-,19+,21+/m0/s1. The Kier molecular flexibility index (Phi) is 7.47. The first-order valence-electron chi connectivity index (χ1n) is 10.3. The van der Waals surface area contributed by atoms with E-state index in [0.717, 1.165) is 24.8 Å². The number of hydrogen-bond acceptors (Lipinski definition) is 8. The van der Waals surface area contributed by atoms with Gasteiger partial charge in [-0.25, -0.2) is 0 Å². The molecule has 0 aromatic carbocycles. The van der Waals surface area contributed by atoms with Crippen molar-refractivity contribution >= 4 is 5.97 Å². The predicted molar refractivity (Wildman–Crippen MR) is 103 cm³/mol. The number of carbonyl (C=O) groups excluding carboxylic acids is 1. The number of hydrogen-bond donors (Lipinski definition) is 4. The number of aliphatic hydroxyl groups is 4. The fraction of sp³-hybridized carbons (Fsp3) is 0.762. The molecule has 0 unspecified atom stereocenters. The SMILES string of the molecule is C/C1=C\[C@H]2OC(=O)[C@@H](C)[C@@H]2CC/C(CO[C@@H]2O[C@H](CO)[C@@H](O)[C@H](O)[C@H]2O)=C\CC1. The van der Waals surface area contributed by atoms with Gasteiger partial charge in [0, 0.05) is 5.92 Å². The molecule has 4 N–H and O–H groups in total. The monoisotopic (exact) mass is 412 g/mol. The molecule has 0 aromatic heterocycles. The number of ether oxygens (including phenoxy) is 3. The van der Waals surface area contributed by atoms with Crippen LogP contribution in [0.1, 0.15) is 39.5 Å². The first-order valence-corrected chi connectivity index (χ1v) is 10.3. The highest BCUT2D eigenvalue weighted by atomic mass is 16.7. The van der Waals surface area contributed by atoms with E-state index in [9.17, 15) is 25.2 Å². The zero-order valence-electron chi connectivity index (χ0n) is 16.9. The summed E-state index contributed by atoms with van der Waals surface area (Å²) in [5, 5.41) is 39.2. The molecular weight excluding hydrogens is 380 g/mol. The van der Waals surface area contributed by atoms with Crippen molar-refractivity contribution in [3.05, 3.63) is 23.3 Å². The number of rotatable bonds is 4. The molecular formula is C21H32O8. The van der Waals surface area contributed by atoms with Crippen LogP contribution in [-0.4, -0.2) is 76.4 Å². The predicted octanol–water partition coefficient (Wildman–Crippen LogP) is 0.427. The summed E-state index contributed by atoms with van der Waals surface area (Å²) in [6, 6.07) is 0. The summed E-state index contributed by atoms with van der Waals surface area (Å²) in [7, 11) is 0. The highest BCUT2D eigenvalue weighted by Gasteiger charge is 2.44. The highest BCUT2D eigenvalue weighted by molar-refractivity contribution is 5.75. The number of carbonyl (C=O) groups is 1. The second-order valence-corrected chi connectivity index (χ2v) is 8.32. The molecule has 2 saturated heterocycles. The summed E-state index contributed by atoms with van der Waals surface area (Å²) in [4.78, 5) is 12.0. The third-order valence-corrected chi connectivity index (χ3v) is 6.19. The molecule has 1 aliphatic carbocycles. The molecule has 0 amide bonds. The smallest absolute Gasteiger partial charge is 0.309 e. The van der Waals surface area contributed by atoms with Crippen LogP contribution in [0.5, 0.6) is 0 Å². The van der Waals surface area contributed by atoms with Gasteiger partial charge in [-0.3, -0.25) is 4.79 Å². The Balaban J connectivity index is 1.64. The zero-order valence-corrected chi connectivity index (χ0v) is 16.9. The van der Waals surface area contributed by atoms with E-state index in [4.69, 9.17) is 14.2 Å². The summed E-state index contributed by atoms with van der Waals surface area (Å²) in [6.45, 7) is 3.63. The van der Waals surface area contributed by atoms with Crippen molar-refractivity contribution in [1.82, 2.24) is 0 Å². The third-order valence-electron chi connectivity index (χ3n) is 6.19. The number of fused-ring (bicyclic) bond motifs is 1. The van der Waals surface area contributed by atoms with Crippen LogP contribution in [0.4, 0.5) is 0 Å². The van der Waals surface area contributed by atoms with E-state index in [1.807, 2.05) is 13.8 Å². The molecule has 2 fully saturated rings. The molecule has 8 heteroatoms. The molecule has 2 heterocycles. The summed E-state index contributed by atoms with van der Waals surface area (Å²) in [6.07, 6.45) is 0.702. The van der Waals surface area contributed by atoms with Crippen molar-refractivity contribution in [3.8, 4) is 0 Å². The van der Waals surface area contributed by atoms with Gasteiger partial charge in [-0.2, -0.15) is 0 Å². The Morgan fingerprint density at radius 2 is 1.93 bits per heavy atom. The number of allylic oxidation sites excluding steroid dienone is 2. The van der Waals surface area contributed by atoms with Crippen molar-refractivity contribution < 1.29 is 39.4 Å². The summed E-state index contributed by atoms with van der Waals surface area (Å²) >= 11 is 0. The van der Waals surface area contributed by atoms with Gasteiger partial charge >= 0.3 is 5.97 Å². The normalized spacial score (nSPS) is 44.8. The van der Waals surface area contributed by atoms with E-state index in [1.165, 1.54) is 5.57 Å². The van der Waals surface area contributed by atoms with Gasteiger partial charge in [0.15, 0.2) is 6.29 Å². The Morgan fingerprint density at radius 3 is 2.66 bits per heavy atom. The van der Waals surface area contributed by atoms with Gasteiger partial charge in [-0.1, -0.05) is 18.6 Å². The molecule has 2 aliphatic heterocycles. The third kappa shape index (κ3) is 5.07. The first kappa shape index (κ1) is 22.4. The molecule has 164 valence electrons. The second kappa shape index (κ2) is 9.68. The lowest BCUT2D eigenvalue weighted by Crippen LogP contribution is -2.59. The van der Waals surface area contributed by atoms with Crippen LogP contribution in [0, 0.1) is 11.8 Å². The van der Waals surface area contributed by atoms with Gasteiger partial charge in [0.1, 0.15) is 30.5 Å². The minimum atomic E-state index is -1.46. The largest absolute Gasteiger partial charge is 0.458 e. The Hall–Kier alpha value is -1.29. The lowest BCUT2D eigenvalue weighted by atomic mass is 9.84. The molecule has 0 saturated carbocycles. The summed E-state index contributed by atoms with van der Waals surface area (Å²) in [5.41, 5.74) is 2.19. The van der Waals surface area contributed by atoms with Crippen LogP contribution in [0.15, 0.2) is 23.3 Å². The van der Waals surface area contributed by atoms with Gasteiger partial charge in [0.2, 0.25) is 0 Å². The molecule has 3 rings (SSSR count). The molecule has 3 aliphatic rings. The Bertz CT molecular complexity index is 643.